The zero-order valence-corrected chi connectivity index (χ0v) is 19.0. The van der Waals surface area contributed by atoms with Crippen LogP contribution in [0.5, 0.6) is 0 Å². The minimum Gasteiger partial charge on any atom is -0.371 e. The van der Waals surface area contributed by atoms with Gasteiger partial charge in [-0.3, -0.25) is 4.68 Å². The van der Waals surface area contributed by atoms with Crippen molar-refractivity contribution < 1.29 is 17.9 Å². The van der Waals surface area contributed by atoms with E-state index in [0.717, 1.165) is 18.5 Å². The lowest BCUT2D eigenvalue weighted by molar-refractivity contribution is 0.0689. The van der Waals surface area contributed by atoms with Crippen LogP contribution < -0.4 is 15.4 Å². The molecule has 3 aliphatic heterocycles. The molecule has 0 saturated carbocycles. The first-order valence-electron chi connectivity index (χ1n) is 10.4. The molecule has 3 aliphatic rings. The van der Waals surface area contributed by atoms with Crippen molar-refractivity contribution in [1.29, 1.82) is 0 Å². The summed E-state index contributed by atoms with van der Waals surface area (Å²) in [4.78, 5) is 8.65. The lowest BCUT2D eigenvalue weighted by Gasteiger charge is -2.22. The van der Waals surface area contributed by atoms with Crippen LogP contribution in [-0.4, -0.2) is 83.1 Å². The average Bonchev–Trinajstić information content (AvgIpc) is 3.53. The fourth-order valence-electron chi connectivity index (χ4n) is 4.24. The summed E-state index contributed by atoms with van der Waals surface area (Å²) < 4.78 is 43.0. The summed E-state index contributed by atoms with van der Waals surface area (Å²) in [6.07, 6.45) is 6.01. The third-order valence-corrected chi connectivity index (χ3v) is 7.71. The first kappa shape index (κ1) is 21.8. The third-order valence-electron chi connectivity index (χ3n) is 5.79. The number of nitrogens with one attached hydrogen (secondary N) is 3. The van der Waals surface area contributed by atoms with Crippen LogP contribution in [-0.2, 0) is 26.7 Å². The normalized spacial score (nSPS) is 28.2. The number of nitrogens with zero attached hydrogens (tertiary/aromatic N) is 5. The fraction of sp³-hybridized carbons (Fsp3) is 0.611. The van der Waals surface area contributed by atoms with Gasteiger partial charge in [0.2, 0.25) is 5.95 Å². The summed E-state index contributed by atoms with van der Waals surface area (Å²) in [6, 6.07) is -0.680. The molecular weight excluding hydrogens is 460 g/mol. The molecule has 0 radical (unpaired) electrons. The predicted octanol–water partition coefficient (Wildman–Crippen LogP) is 0.484. The number of anilines is 3. The molecule has 3 fully saturated rings. The lowest BCUT2D eigenvalue weighted by Crippen LogP contribution is -2.49. The Bertz CT molecular complexity index is 1080. The molecule has 3 unspecified atom stereocenters. The van der Waals surface area contributed by atoms with E-state index in [1.54, 1.807) is 17.1 Å². The van der Waals surface area contributed by atoms with Crippen molar-refractivity contribution in [3.63, 3.8) is 0 Å². The molecule has 0 bridgehead atoms. The molecule has 2 aromatic rings. The molecule has 2 aromatic heterocycles. The highest BCUT2D eigenvalue weighted by atomic mass is 35.5. The molecule has 0 aliphatic carbocycles. The van der Waals surface area contributed by atoms with Gasteiger partial charge < -0.3 is 20.1 Å². The highest BCUT2D eigenvalue weighted by molar-refractivity contribution is 7.87. The molecule has 0 amide bonds. The van der Waals surface area contributed by atoms with Gasteiger partial charge in [-0.05, 0) is 12.8 Å². The Hall–Kier alpha value is -2.03. The molecule has 4 atom stereocenters. The lowest BCUT2D eigenvalue weighted by atomic mass is 10.1. The highest BCUT2D eigenvalue weighted by Crippen LogP contribution is 2.31. The molecular formula is C18H25ClN8O4S. The van der Waals surface area contributed by atoms with Crippen LogP contribution in [0, 0.1) is 0 Å². The van der Waals surface area contributed by atoms with Gasteiger partial charge in [0.25, 0.3) is 10.2 Å². The van der Waals surface area contributed by atoms with Crippen molar-refractivity contribution in [3.8, 4) is 0 Å². The van der Waals surface area contributed by atoms with E-state index in [9.17, 15) is 8.42 Å². The molecule has 12 nitrogen and oxygen atoms in total. The van der Waals surface area contributed by atoms with Gasteiger partial charge in [0.1, 0.15) is 17.2 Å². The van der Waals surface area contributed by atoms with Gasteiger partial charge in [-0.2, -0.15) is 27.5 Å². The van der Waals surface area contributed by atoms with Crippen molar-refractivity contribution in [1.82, 2.24) is 28.8 Å². The SMILES string of the molecule is Cn1cc(Nc2ncc(Cl)c(NC3COC4C3OC[C@H]4NS(=O)(=O)N3CCCC3)n2)cn1. The molecule has 3 saturated heterocycles. The minimum atomic E-state index is -3.55. The topological polar surface area (TPSA) is 136 Å². The molecule has 14 heteroatoms. The Labute approximate surface area is 190 Å². The van der Waals surface area contributed by atoms with E-state index in [1.807, 2.05) is 7.05 Å². The van der Waals surface area contributed by atoms with Gasteiger partial charge in [-0.15, -0.1) is 0 Å². The summed E-state index contributed by atoms with van der Waals surface area (Å²) in [5, 5.41) is 10.8. The van der Waals surface area contributed by atoms with E-state index in [2.05, 4.69) is 30.4 Å². The van der Waals surface area contributed by atoms with Crippen LogP contribution in [0.4, 0.5) is 17.5 Å². The monoisotopic (exact) mass is 484 g/mol. The van der Waals surface area contributed by atoms with Crippen molar-refractivity contribution in [2.24, 2.45) is 7.05 Å². The maximum absolute atomic E-state index is 12.6. The average molecular weight is 485 g/mol. The number of rotatable bonds is 7. The van der Waals surface area contributed by atoms with Crippen LogP contribution in [0.15, 0.2) is 18.6 Å². The van der Waals surface area contributed by atoms with Crippen molar-refractivity contribution in [2.75, 3.05) is 36.9 Å². The summed E-state index contributed by atoms with van der Waals surface area (Å²) >= 11 is 6.30. The first-order chi connectivity index (χ1) is 15.4. The molecule has 174 valence electrons. The van der Waals surface area contributed by atoms with E-state index < -0.39 is 22.4 Å². The van der Waals surface area contributed by atoms with Gasteiger partial charge in [-0.1, -0.05) is 11.6 Å². The minimum absolute atomic E-state index is 0.236. The standard InChI is InChI=1S/C18H25ClN8O4S/c1-26-8-11(6-21-26)22-18-20-7-12(19)17(24-18)23-13-9-30-16-14(10-31-15(13)16)25-32(28,29)27-4-2-3-5-27/h6-8,13-16,25H,2-5,9-10H2,1H3,(H2,20,22,23,24)/t13?,14-,15?,16?/m1/s1. The number of fused-ring (bicyclic) bond motifs is 1. The van der Waals surface area contributed by atoms with Gasteiger partial charge in [0.15, 0.2) is 5.82 Å². The smallest absolute Gasteiger partial charge is 0.279 e. The fourth-order valence-corrected chi connectivity index (χ4v) is 5.86. The number of aromatic nitrogens is 4. The molecule has 0 aromatic carbocycles. The zero-order valence-electron chi connectivity index (χ0n) is 17.4. The zero-order chi connectivity index (χ0) is 22.3. The Morgan fingerprint density at radius 2 is 1.84 bits per heavy atom. The van der Waals surface area contributed by atoms with E-state index in [0.29, 0.717) is 36.5 Å². The molecule has 5 rings (SSSR count). The maximum Gasteiger partial charge on any atom is 0.279 e. The molecule has 3 N–H and O–H groups in total. The second-order valence-corrected chi connectivity index (χ2v) is 10.2. The molecule has 5 heterocycles. The number of ether oxygens (including phenoxy) is 2. The Balaban J connectivity index is 1.24. The number of hydrogen-bond donors (Lipinski definition) is 3. The van der Waals surface area contributed by atoms with Crippen LogP contribution in [0.2, 0.25) is 5.02 Å². The van der Waals surface area contributed by atoms with Gasteiger partial charge in [0, 0.05) is 26.3 Å². The van der Waals surface area contributed by atoms with E-state index >= 15 is 0 Å². The van der Waals surface area contributed by atoms with Gasteiger partial charge in [0.05, 0.1) is 43.4 Å². The molecule has 32 heavy (non-hydrogen) atoms. The number of hydrogen-bond acceptors (Lipinski definition) is 9. The third kappa shape index (κ3) is 4.40. The Morgan fingerprint density at radius 3 is 2.56 bits per heavy atom. The van der Waals surface area contributed by atoms with Crippen molar-refractivity contribution in [3.05, 3.63) is 23.6 Å². The maximum atomic E-state index is 12.6. The van der Waals surface area contributed by atoms with Crippen molar-refractivity contribution >= 4 is 39.3 Å². The Morgan fingerprint density at radius 1 is 1.12 bits per heavy atom. The highest BCUT2D eigenvalue weighted by Gasteiger charge is 2.49. The summed E-state index contributed by atoms with van der Waals surface area (Å²) in [5.74, 6) is 0.802. The second kappa shape index (κ2) is 8.72. The number of halogens is 1. The van der Waals surface area contributed by atoms with E-state index in [4.69, 9.17) is 21.1 Å². The van der Waals surface area contributed by atoms with Crippen LogP contribution >= 0.6 is 11.6 Å². The van der Waals surface area contributed by atoms with Crippen LogP contribution in [0.1, 0.15) is 12.8 Å². The van der Waals surface area contributed by atoms with E-state index in [1.165, 1.54) is 10.5 Å². The largest absolute Gasteiger partial charge is 0.371 e. The predicted molar refractivity (Wildman–Crippen MR) is 117 cm³/mol. The first-order valence-corrected chi connectivity index (χ1v) is 12.3. The summed E-state index contributed by atoms with van der Waals surface area (Å²) in [5.41, 5.74) is 0.747. The molecule has 0 spiro atoms. The van der Waals surface area contributed by atoms with Gasteiger partial charge >= 0.3 is 0 Å². The van der Waals surface area contributed by atoms with Crippen molar-refractivity contribution in [2.45, 2.75) is 37.1 Å². The Kier molecular flexibility index (Phi) is 5.94. The van der Waals surface area contributed by atoms with Gasteiger partial charge in [-0.25, -0.2) is 4.98 Å². The summed E-state index contributed by atoms with van der Waals surface area (Å²) in [6.45, 7) is 1.67. The quantitative estimate of drug-likeness (QED) is 0.512. The second-order valence-electron chi connectivity index (χ2n) is 8.10. The van der Waals surface area contributed by atoms with Crippen LogP contribution in [0.25, 0.3) is 0 Å². The van der Waals surface area contributed by atoms with Crippen LogP contribution in [0.3, 0.4) is 0 Å². The van der Waals surface area contributed by atoms with E-state index in [-0.39, 0.29) is 18.8 Å². The summed E-state index contributed by atoms with van der Waals surface area (Å²) in [7, 11) is -1.74. The number of aryl methyl sites for hydroxylation is 1.